The maximum absolute atomic E-state index is 6.41. The summed E-state index contributed by atoms with van der Waals surface area (Å²) in [5.74, 6) is 1.49. The number of methoxy groups -OCH3 is 2. The smallest absolute Gasteiger partial charge is 0.260 e. The Balaban J connectivity index is 1.80. The van der Waals surface area contributed by atoms with Crippen LogP contribution in [0.3, 0.4) is 0 Å². The highest BCUT2D eigenvalue weighted by Crippen LogP contribution is 2.42. The summed E-state index contributed by atoms with van der Waals surface area (Å²) in [5.41, 5.74) is 9.67. The zero-order valence-electron chi connectivity index (χ0n) is 15.1. The molecule has 7 nitrogen and oxygen atoms in total. The number of benzene rings is 1. The Labute approximate surface area is 159 Å². The number of hydrogen-bond donors (Lipinski definition) is 1. The molecule has 0 aliphatic rings. The molecule has 0 unspecified atom stereocenters. The van der Waals surface area contributed by atoms with Gasteiger partial charge in [-0.2, -0.15) is 0 Å². The molecule has 3 heterocycles. The summed E-state index contributed by atoms with van der Waals surface area (Å²) >= 11 is 1.43. The number of ether oxygens (including phenoxy) is 2. The molecule has 1 aromatic carbocycles. The van der Waals surface area contributed by atoms with Crippen molar-refractivity contribution in [2.75, 3.05) is 20.0 Å². The third-order valence-corrected chi connectivity index (χ3v) is 5.23. The van der Waals surface area contributed by atoms with E-state index in [-0.39, 0.29) is 0 Å². The number of thiophene rings is 1. The lowest BCUT2D eigenvalue weighted by Crippen LogP contribution is -1.94. The van der Waals surface area contributed by atoms with Crippen LogP contribution in [0.15, 0.2) is 34.7 Å². The molecule has 0 saturated heterocycles. The van der Waals surface area contributed by atoms with Crippen molar-refractivity contribution in [2.45, 2.75) is 13.5 Å². The summed E-state index contributed by atoms with van der Waals surface area (Å²) in [6, 6.07) is 9.43. The van der Waals surface area contributed by atoms with E-state index in [4.69, 9.17) is 19.6 Å². The minimum Gasteiger partial charge on any atom is -0.497 e. The number of aromatic nitrogens is 3. The topological polar surface area (TPSA) is 96.3 Å². The number of pyridine rings is 1. The molecule has 0 aliphatic carbocycles. The lowest BCUT2D eigenvalue weighted by molar-refractivity contribution is 0.186. The number of hydrogen-bond acceptors (Lipinski definition) is 8. The van der Waals surface area contributed by atoms with Gasteiger partial charge in [0.2, 0.25) is 5.89 Å². The summed E-state index contributed by atoms with van der Waals surface area (Å²) in [4.78, 5) is 6.13. The number of fused-ring (bicyclic) bond motifs is 1. The summed E-state index contributed by atoms with van der Waals surface area (Å²) in [7, 11) is 3.27. The molecular formula is C19H18N4O3S. The van der Waals surface area contributed by atoms with Gasteiger partial charge < -0.3 is 19.6 Å². The van der Waals surface area contributed by atoms with Crippen molar-refractivity contribution in [3.8, 4) is 28.0 Å². The Bertz CT molecular complexity index is 1120. The summed E-state index contributed by atoms with van der Waals surface area (Å²) < 4.78 is 16.4. The Kier molecular flexibility index (Phi) is 4.51. The lowest BCUT2D eigenvalue weighted by atomic mass is 10.1. The van der Waals surface area contributed by atoms with Crippen LogP contribution in [0.25, 0.3) is 32.4 Å². The quantitative estimate of drug-likeness (QED) is 0.556. The van der Waals surface area contributed by atoms with E-state index in [0.717, 1.165) is 32.8 Å². The predicted octanol–water partition coefficient (Wildman–Crippen LogP) is 4.06. The van der Waals surface area contributed by atoms with Crippen LogP contribution < -0.4 is 10.5 Å². The van der Waals surface area contributed by atoms with Gasteiger partial charge in [0.15, 0.2) is 0 Å². The van der Waals surface area contributed by atoms with E-state index in [1.807, 2.05) is 37.3 Å². The van der Waals surface area contributed by atoms with Crippen LogP contribution in [0, 0.1) is 6.92 Å². The maximum atomic E-state index is 6.41. The molecule has 0 saturated carbocycles. The molecule has 138 valence electrons. The molecule has 0 radical (unpaired) electrons. The largest absolute Gasteiger partial charge is 0.497 e. The van der Waals surface area contributed by atoms with Gasteiger partial charge in [-0.15, -0.1) is 21.5 Å². The van der Waals surface area contributed by atoms with E-state index < -0.39 is 0 Å². The van der Waals surface area contributed by atoms with Gasteiger partial charge in [0.1, 0.15) is 15.5 Å². The van der Waals surface area contributed by atoms with Crippen molar-refractivity contribution >= 4 is 27.2 Å². The molecule has 27 heavy (non-hydrogen) atoms. The monoisotopic (exact) mass is 382 g/mol. The molecule has 3 aromatic heterocycles. The van der Waals surface area contributed by atoms with Crippen molar-refractivity contribution in [3.05, 3.63) is 41.6 Å². The Morgan fingerprint density at radius 2 is 1.96 bits per heavy atom. The van der Waals surface area contributed by atoms with Crippen LogP contribution in [0.5, 0.6) is 5.75 Å². The first-order chi connectivity index (χ1) is 13.1. The van der Waals surface area contributed by atoms with Gasteiger partial charge in [-0.05, 0) is 36.8 Å². The Morgan fingerprint density at radius 3 is 2.74 bits per heavy atom. The van der Waals surface area contributed by atoms with Gasteiger partial charge in [0, 0.05) is 23.8 Å². The minimum atomic E-state index is 0.370. The normalized spacial score (nSPS) is 11.2. The number of aryl methyl sites for hydroxylation is 1. The van der Waals surface area contributed by atoms with Gasteiger partial charge in [0.25, 0.3) is 5.89 Å². The van der Waals surface area contributed by atoms with Crippen LogP contribution in [0.1, 0.15) is 11.3 Å². The van der Waals surface area contributed by atoms with Crippen LogP contribution in [0.2, 0.25) is 0 Å². The molecule has 4 aromatic rings. The molecule has 0 fully saturated rings. The average Bonchev–Trinajstić information content (AvgIpc) is 3.27. The first-order valence-corrected chi connectivity index (χ1v) is 9.08. The highest BCUT2D eigenvalue weighted by molar-refractivity contribution is 7.22. The number of nitrogen functional groups attached to an aromatic ring is 1. The fourth-order valence-corrected chi connectivity index (χ4v) is 4.06. The van der Waals surface area contributed by atoms with Gasteiger partial charge in [-0.25, -0.2) is 4.98 Å². The fraction of sp³-hybridized carbons (Fsp3) is 0.211. The second-order valence-electron chi connectivity index (χ2n) is 6.03. The average molecular weight is 382 g/mol. The first-order valence-electron chi connectivity index (χ1n) is 8.26. The zero-order valence-corrected chi connectivity index (χ0v) is 16.0. The van der Waals surface area contributed by atoms with Crippen LogP contribution in [0.4, 0.5) is 5.69 Å². The standard InChI is InChI=1S/C19H18N4O3S/c1-10-7-12(9-24-2)14-15(20)16(27-19(14)21-10)18-23-22-17(26-18)11-5-4-6-13(8-11)25-3/h4-8H,9,20H2,1-3H3. The minimum absolute atomic E-state index is 0.370. The van der Waals surface area contributed by atoms with Gasteiger partial charge >= 0.3 is 0 Å². The summed E-state index contributed by atoms with van der Waals surface area (Å²) in [5, 5.41) is 9.22. The van der Waals surface area contributed by atoms with Crippen LogP contribution in [-0.2, 0) is 11.3 Å². The molecule has 0 spiro atoms. The van der Waals surface area contributed by atoms with Gasteiger partial charge in [0.05, 0.1) is 19.4 Å². The highest BCUT2D eigenvalue weighted by Gasteiger charge is 2.21. The van der Waals surface area contributed by atoms with Gasteiger partial charge in [-0.1, -0.05) is 6.07 Å². The van der Waals surface area contributed by atoms with E-state index in [9.17, 15) is 0 Å². The Morgan fingerprint density at radius 1 is 1.15 bits per heavy atom. The van der Waals surface area contributed by atoms with E-state index in [1.54, 1.807) is 14.2 Å². The molecule has 0 aliphatic heterocycles. The van der Waals surface area contributed by atoms with Crippen molar-refractivity contribution < 1.29 is 13.9 Å². The second kappa shape index (κ2) is 6.98. The number of nitrogens with two attached hydrogens (primary N) is 1. The molecule has 4 rings (SSSR count). The van der Waals surface area contributed by atoms with E-state index >= 15 is 0 Å². The molecule has 0 bridgehead atoms. The van der Waals surface area contributed by atoms with Crippen molar-refractivity contribution in [1.82, 2.24) is 15.2 Å². The molecule has 0 atom stereocenters. The molecular weight excluding hydrogens is 364 g/mol. The van der Waals surface area contributed by atoms with Crippen molar-refractivity contribution in [3.63, 3.8) is 0 Å². The maximum Gasteiger partial charge on any atom is 0.260 e. The van der Waals surface area contributed by atoms with Crippen molar-refractivity contribution in [2.24, 2.45) is 0 Å². The summed E-state index contributed by atoms with van der Waals surface area (Å²) in [6.07, 6.45) is 0. The third kappa shape index (κ3) is 3.13. The zero-order chi connectivity index (χ0) is 19.0. The van der Waals surface area contributed by atoms with Crippen LogP contribution >= 0.6 is 11.3 Å². The van der Waals surface area contributed by atoms with E-state index in [2.05, 4.69) is 15.2 Å². The lowest BCUT2D eigenvalue weighted by Gasteiger charge is -2.04. The third-order valence-electron chi connectivity index (χ3n) is 4.14. The van der Waals surface area contributed by atoms with Gasteiger partial charge in [-0.3, -0.25) is 0 Å². The number of anilines is 1. The van der Waals surface area contributed by atoms with Crippen LogP contribution in [-0.4, -0.2) is 29.4 Å². The molecule has 8 heteroatoms. The SMILES string of the molecule is COCc1cc(C)nc2sc(-c3nnc(-c4cccc(OC)c4)o3)c(N)c12. The molecule has 0 amide bonds. The Hall–Kier alpha value is -2.97. The molecule has 2 N–H and O–H groups in total. The first kappa shape index (κ1) is 17.4. The number of nitrogens with zero attached hydrogens (tertiary/aromatic N) is 3. The van der Waals surface area contributed by atoms with E-state index in [1.165, 1.54) is 11.3 Å². The number of rotatable bonds is 5. The van der Waals surface area contributed by atoms with Crippen molar-refractivity contribution in [1.29, 1.82) is 0 Å². The summed E-state index contributed by atoms with van der Waals surface area (Å²) in [6.45, 7) is 2.40. The second-order valence-corrected chi connectivity index (χ2v) is 7.02. The predicted molar refractivity (Wildman–Crippen MR) is 105 cm³/mol. The fourth-order valence-electron chi connectivity index (χ4n) is 2.95. The van der Waals surface area contributed by atoms with E-state index in [0.29, 0.717) is 29.0 Å². The highest BCUT2D eigenvalue weighted by atomic mass is 32.1.